The number of aryl methyl sites for hydroxylation is 1. The SMILES string of the molecule is Cc1cn2cc(-c3cc4ccn(C5CCN(C(=O)OC(C)(C)C)CC5)c(=O)c4cc3F)cc(F)c2n1. The van der Waals surface area contributed by atoms with Gasteiger partial charge in [0.1, 0.15) is 11.4 Å². The Labute approximate surface area is 206 Å². The van der Waals surface area contributed by atoms with Gasteiger partial charge in [-0.3, -0.25) is 4.79 Å². The molecule has 0 unspecified atom stereocenters. The highest BCUT2D eigenvalue weighted by atomic mass is 19.1. The molecule has 0 saturated carbocycles. The number of rotatable bonds is 2. The van der Waals surface area contributed by atoms with Crippen LogP contribution < -0.4 is 5.56 Å². The van der Waals surface area contributed by atoms with Gasteiger partial charge < -0.3 is 18.6 Å². The van der Waals surface area contributed by atoms with Crippen molar-refractivity contribution in [2.75, 3.05) is 13.1 Å². The number of piperidine rings is 1. The number of pyridine rings is 2. The molecular weight excluding hydrogens is 466 g/mol. The number of imidazole rings is 1. The molecule has 0 atom stereocenters. The third-order valence-corrected chi connectivity index (χ3v) is 6.47. The van der Waals surface area contributed by atoms with Gasteiger partial charge >= 0.3 is 6.09 Å². The Kier molecular flexibility index (Phi) is 5.81. The molecule has 3 aromatic heterocycles. The second kappa shape index (κ2) is 8.72. The molecule has 1 saturated heterocycles. The van der Waals surface area contributed by atoms with Crippen LogP contribution in [0.3, 0.4) is 0 Å². The number of carbonyl (C=O) groups is 1. The Morgan fingerprint density at radius 3 is 2.50 bits per heavy atom. The van der Waals surface area contributed by atoms with Gasteiger partial charge in [0.05, 0.1) is 11.1 Å². The van der Waals surface area contributed by atoms with E-state index in [9.17, 15) is 14.0 Å². The number of fused-ring (bicyclic) bond motifs is 2. The minimum Gasteiger partial charge on any atom is -0.444 e. The lowest BCUT2D eigenvalue weighted by atomic mass is 10.0. The maximum atomic E-state index is 15.2. The lowest BCUT2D eigenvalue weighted by Gasteiger charge is -2.34. The fourth-order valence-electron chi connectivity index (χ4n) is 4.77. The molecular formula is C27H28F2N4O3. The predicted molar refractivity (Wildman–Crippen MR) is 133 cm³/mol. The van der Waals surface area contributed by atoms with Crippen molar-refractivity contribution in [1.82, 2.24) is 18.9 Å². The summed E-state index contributed by atoms with van der Waals surface area (Å²) in [6.45, 7) is 8.17. The Hall–Kier alpha value is -3.75. The van der Waals surface area contributed by atoms with E-state index in [0.29, 0.717) is 42.6 Å². The van der Waals surface area contributed by atoms with Gasteiger partial charge in [-0.15, -0.1) is 0 Å². The lowest BCUT2D eigenvalue weighted by Crippen LogP contribution is -2.43. The number of carbonyl (C=O) groups excluding carboxylic acids is 1. The van der Waals surface area contributed by atoms with Gasteiger partial charge in [0.2, 0.25) is 0 Å². The predicted octanol–water partition coefficient (Wildman–Crippen LogP) is 5.47. The van der Waals surface area contributed by atoms with E-state index in [0.717, 1.165) is 0 Å². The van der Waals surface area contributed by atoms with E-state index in [1.807, 2.05) is 20.8 Å². The van der Waals surface area contributed by atoms with E-state index >= 15 is 4.39 Å². The molecule has 1 aliphatic heterocycles. The van der Waals surface area contributed by atoms with Gasteiger partial charge in [0.15, 0.2) is 11.5 Å². The summed E-state index contributed by atoms with van der Waals surface area (Å²) in [5, 5.41) is 0.828. The molecule has 188 valence electrons. The van der Waals surface area contributed by atoms with Crippen molar-refractivity contribution in [2.24, 2.45) is 0 Å². The van der Waals surface area contributed by atoms with Crippen molar-refractivity contribution in [3.05, 3.63) is 70.5 Å². The number of benzene rings is 1. The van der Waals surface area contributed by atoms with Crippen LogP contribution in [0.15, 0.2) is 47.7 Å². The number of hydrogen-bond donors (Lipinski definition) is 0. The van der Waals surface area contributed by atoms with Crippen LogP contribution in [0, 0.1) is 18.6 Å². The maximum Gasteiger partial charge on any atom is 0.410 e. The van der Waals surface area contributed by atoms with E-state index in [1.54, 1.807) is 47.1 Å². The molecule has 5 rings (SSSR count). The number of amides is 1. The summed E-state index contributed by atoms with van der Waals surface area (Å²) >= 11 is 0. The van der Waals surface area contributed by atoms with Crippen LogP contribution in [0.2, 0.25) is 0 Å². The summed E-state index contributed by atoms with van der Waals surface area (Å²) in [6.07, 6.45) is 5.84. The first kappa shape index (κ1) is 24.0. The van der Waals surface area contributed by atoms with Gasteiger partial charge in [-0.1, -0.05) is 0 Å². The van der Waals surface area contributed by atoms with Crippen LogP contribution in [0.5, 0.6) is 0 Å². The molecule has 9 heteroatoms. The normalized spacial score (nSPS) is 15.1. The van der Waals surface area contributed by atoms with E-state index in [2.05, 4.69) is 4.98 Å². The monoisotopic (exact) mass is 494 g/mol. The Balaban J connectivity index is 1.43. The van der Waals surface area contributed by atoms with Gasteiger partial charge in [0.25, 0.3) is 5.56 Å². The Morgan fingerprint density at radius 2 is 1.81 bits per heavy atom. The smallest absolute Gasteiger partial charge is 0.410 e. The summed E-state index contributed by atoms with van der Waals surface area (Å²) in [4.78, 5) is 31.4. The number of likely N-dealkylation sites (tertiary alicyclic amines) is 1. The molecule has 4 aromatic rings. The highest BCUT2D eigenvalue weighted by Gasteiger charge is 2.28. The van der Waals surface area contributed by atoms with Crippen LogP contribution in [-0.4, -0.2) is 43.6 Å². The molecule has 0 aliphatic carbocycles. The molecule has 1 aromatic carbocycles. The first-order valence-corrected chi connectivity index (χ1v) is 12.0. The van der Waals surface area contributed by atoms with Crippen LogP contribution in [0.25, 0.3) is 27.5 Å². The van der Waals surface area contributed by atoms with Gasteiger partial charge in [-0.05, 0) is 70.2 Å². The quantitative estimate of drug-likeness (QED) is 0.370. The number of aromatic nitrogens is 3. The number of ether oxygens (including phenoxy) is 1. The second-order valence-electron chi connectivity index (χ2n) is 10.3. The molecule has 36 heavy (non-hydrogen) atoms. The van der Waals surface area contributed by atoms with E-state index in [4.69, 9.17) is 4.74 Å². The zero-order valence-electron chi connectivity index (χ0n) is 20.7. The average Bonchev–Trinajstić information content (AvgIpc) is 3.19. The fourth-order valence-corrected chi connectivity index (χ4v) is 4.77. The van der Waals surface area contributed by atoms with Crippen molar-refractivity contribution >= 4 is 22.5 Å². The molecule has 7 nitrogen and oxygen atoms in total. The first-order valence-electron chi connectivity index (χ1n) is 12.0. The highest BCUT2D eigenvalue weighted by Crippen LogP contribution is 2.29. The highest BCUT2D eigenvalue weighted by molar-refractivity contribution is 5.87. The van der Waals surface area contributed by atoms with Crippen molar-refractivity contribution in [1.29, 1.82) is 0 Å². The summed E-state index contributed by atoms with van der Waals surface area (Å²) in [6, 6.07) is 5.72. The second-order valence-corrected chi connectivity index (χ2v) is 10.3. The molecule has 1 amide bonds. The minimum absolute atomic E-state index is 0.107. The Bertz CT molecular complexity index is 1540. The minimum atomic E-state index is -0.604. The molecule has 0 spiro atoms. The van der Waals surface area contributed by atoms with Crippen molar-refractivity contribution < 1.29 is 18.3 Å². The zero-order chi connectivity index (χ0) is 25.8. The fraction of sp³-hybridized carbons (Fsp3) is 0.370. The Morgan fingerprint density at radius 1 is 1.08 bits per heavy atom. The topological polar surface area (TPSA) is 68.8 Å². The number of nitrogens with zero attached hydrogens (tertiary/aromatic N) is 4. The van der Waals surface area contributed by atoms with E-state index in [1.165, 1.54) is 16.5 Å². The molecule has 1 fully saturated rings. The standard InChI is InChI=1S/C27H28F2N4O3/c1-16-14-32-15-18(12-23(29)24(32)30-16)20-11-17-5-10-33(25(34)21(17)13-22(20)28)19-6-8-31(9-7-19)26(35)36-27(2,3)4/h5,10-15,19H,6-9H2,1-4H3. The summed E-state index contributed by atoms with van der Waals surface area (Å²) in [5.74, 6) is -1.15. The van der Waals surface area contributed by atoms with Crippen molar-refractivity contribution in [3.63, 3.8) is 0 Å². The lowest BCUT2D eigenvalue weighted by molar-refractivity contribution is 0.0187. The van der Waals surface area contributed by atoms with Crippen LogP contribution in [0.4, 0.5) is 13.6 Å². The summed E-state index contributed by atoms with van der Waals surface area (Å²) in [7, 11) is 0. The number of hydrogen-bond acceptors (Lipinski definition) is 4. The molecule has 1 aliphatic rings. The third kappa shape index (κ3) is 4.45. The van der Waals surface area contributed by atoms with Crippen molar-refractivity contribution in [3.8, 4) is 11.1 Å². The molecule has 0 bridgehead atoms. The van der Waals surface area contributed by atoms with Crippen LogP contribution in [-0.2, 0) is 4.74 Å². The van der Waals surface area contributed by atoms with Gasteiger partial charge in [0, 0.05) is 48.8 Å². The maximum absolute atomic E-state index is 15.2. The van der Waals surface area contributed by atoms with E-state index < -0.39 is 17.2 Å². The first-order chi connectivity index (χ1) is 17.0. The van der Waals surface area contributed by atoms with Crippen molar-refractivity contribution in [2.45, 2.75) is 52.2 Å². The number of halogens is 2. The van der Waals surface area contributed by atoms with E-state index in [-0.39, 0.29) is 34.3 Å². The molecule has 0 N–H and O–H groups in total. The summed E-state index contributed by atoms with van der Waals surface area (Å²) in [5.41, 5.74) is 0.538. The molecule has 4 heterocycles. The largest absolute Gasteiger partial charge is 0.444 e. The average molecular weight is 495 g/mol. The van der Waals surface area contributed by atoms with Crippen LogP contribution >= 0.6 is 0 Å². The van der Waals surface area contributed by atoms with Crippen LogP contribution in [0.1, 0.15) is 45.3 Å². The van der Waals surface area contributed by atoms with Gasteiger partial charge in [-0.25, -0.2) is 18.6 Å². The zero-order valence-corrected chi connectivity index (χ0v) is 20.7. The molecule has 0 radical (unpaired) electrons. The summed E-state index contributed by atoms with van der Waals surface area (Å²) < 4.78 is 38.4. The third-order valence-electron chi connectivity index (χ3n) is 6.47. The van der Waals surface area contributed by atoms with Gasteiger partial charge in [-0.2, -0.15) is 0 Å².